The van der Waals surface area contributed by atoms with Crippen LogP contribution >= 0.6 is 0 Å². The molecule has 0 aromatic rings. The lowest BCUT2D eigenvalue weighted by Crippen LogP contribution is -2.45. The molecule has 0 bridgehead atoms. The van der Waals surface area contributed by atoms with Crippen molar-refractivity contribution in [3.8, 4) is 0 Å². The molecule has 4 rings (SSSR count). The van der Waals surface area contributed by atoms with Crippen LogP contribution in [-0.4, -0.2) is 11.2 Å². The zero-order valence-corrected chi connectivity index (χ0v) is 20.7. The summed E-state index contributed by atoms with van der Waals surface area (Å²) in [4.78, 5) is 0. The fourth-order valence-electron chi connectivity index (χ4n) is 8.62. The Morgan fingerprint density at radius 3 is 2.47 bits per heavy atom. The van der Waals surface area contributed by atoms with Crippen molar-refractivity contribution in [3.05, 3.63) is 23.3 Å². The van der Waals surface area contributed by atoms with E-state index in [0.717, 1.165) is 42.4 Å². The van der Waals surface area contributed by atoms with Crippen molar-refractivity contribution in [2.24, 2.45) is 46.3 Å². The van der Waals surface area contributed by atoms with Crippen LogP contribution in [0.1, 0.15) is 106 Å². The lowest BCUT2D eigenvalue weighted by Gasteiger charge is -2.55. The van der Waals surface area contributed by atoms with Crippen molar-refractivity contribution in [1.82, 2.24) is 0 Å². The molecule has 30 heavy (non-hydrogen) atoms. The summed E-state index contributed by atoms with van der Waals surface area (Å²) in [6, 6.07) is 0. The predicted octanol–water partition coefficient (Wildman–Crippen LogP) is 7.94. The molecule has 8 atom stereocenters. The van der Waals surface area contributed by atoms with Gasteiger partial charge in [-0.25, -0.2) is 0 Å². The molecule has 0 aromatic carbocycles. The highest BCUT2D eigenvalue weighted by Crippen LogP contribution is 2.65. The van der Waals surface area contributed by atoms with E-state index in [0.29, 0.717) is 16.7 Å². The second-order valence-corrected chi connectivity index (χ2v) is 12.4. The number of aliphatic hydroxyl groups is 1. The molecule has 8 unspecified atom stereocenters. The summed E-state index contributed by atoms with van der Waals surface area (Å²) in [6.07, 6.45) is 17.9. The molecule has 4 aliphatic rings. The quantitative estimate of drug-likeness (QED) is 0.454. The standard InChI is InChI=1S/C29H48O/c1-7-21(19(2)3)9-8-20(4)25-12-13-26-24-11-10-22-18-23(30)14-16-28(22,5)27(24)15-17-29(25,26)6/h8-9,19-23,25-26,30H,7,10-18H2,1-6H3. The van der Waals surface area contributed by atoms with Crippen LogP contribution in [0.2, 0.25) is 0 Å². The minimum atomic E-state index is -0.0413. The first kappa shape index (κ1) is 22.6. The molecule has 1 N–H and O–H groups in total. The van der Waals surface area contributed by atoms with Gasteiger partial charge in [0.15, 0.2) is 0 Å². The second kappa shape index (κ2) is 8.42. The van der Waals surface area contributed by atoms with E-state index < -0.39 is 0 Å². The van der Waals surface area contributed by atoms with Crippen LogP contribution in [0, 0.1) is 46.3 Å². The highest BCUT2D eigenvalue weighted by atomic mass is 16.3. The Bertz CT molecular complexity index is 686. The number of allylic oxidation sites excluding steroid dienone is 4. The Kier molecular flexibility index (Phi) is 6.35. The summed E-state index contributed by atoms with van der Waals surface area (Å²) in [7, 11) is 0. The predicted molar refractivity (Wildman–Crippen MR) is 128 cm³/mol. The van der Waals surface area contributed by atoms with Gasteiger partial charge in [0.25, 0.3) is 0 Å². The normalized spacial score (nSPS) is 43.5. The third-order valence-corrected chi connectivity index (χ3v) is 10.7. The maximum atomic E-state index is 10.3. The number of aliphatic hydroxyl groups excluding tert-OH is 1. The van der Waals surface area contributed by atoms with E-state index in [1.807, 2.05) is 11.1 Å². The average molecular weight is 413 g/mol. The summed E-state index contributed by atoms with van der Waals surface area (Å²) in [5.41, 5.74) is 4.65. The van der Waals surface area contributed by atoms with Gasteiger partial charge in [0.1, 0.15) is 0 Å². The Morgan fingerprint density at radius 2 is 1.77 bits per heavy atom. The number of rotatable bonds is 5. The first-order chi connectivity index (χ1) is 14.2. The van der Waals surface area contributed by atoms with E-state index in [-0.39, 0.29) is 6.10 Å². The lowest BCUT2D eigenvalue weighted by molar-refractivity contribution is 0.0145. The zero-order valence-electron chi connectivity index (χ0n) is 20.7. The van der Waals surface area contributed by atoms with Crippen LogP contribution in [0.5, 0.6) is 0 Å². The molecule has 0 aliphatic heterocycles. The zero-order chi connectivity index (χ0) is 21.7. The molecule has 0 saturated heterocycles. The summed E-state index contributed by atoms with van der Waals surface area (Å²) < 4.78 is 0. The SMILES string of the molecule is CCC(C=CC(C)C1CCC2C3=C(CCC21C)C1(C)CCC(O)CC1CC3)C(C)C. The maximum absolute atomic E-state index is 10.3. The molecule has 0 radical (unpaired) electrons. The van der Waals surface area contributed by atoms with Crippen molar-refractivity contribution in [3.63, 3.8) is 0 Å². The second-order valence-electron chi connectivity index (χ2n) is 12.4. The van der Waals surface area contributed by atoms with E-state index in [4.69, 9.17) is 0 Å². The molecule has 2 fully saturated rings. The molecule has 2 saturated carbocycles. The van der Waals surface area contributed by atoms with Crippen molar-refractivity contribution in [2.75, 3.05) is 0 Å². The number of hydrogen-bond acceptors (Lipinski definition) is 1. The van der Waals surface area contributed by atoms with Gasteiger partial charge >= 0.3 is 0 Å². The highest BCUT2D eigenvalue weighted by molar-refractivity contribution is 5.34. The lowest BCUT2D eigenvalue weighted by atomic mass is 9.50. The van der Waals surface area contributed by atoms with Crippen LogP contribution in [0.3, 0.4) is 0 Å². The van der Waals surface area contributed by atoms with Gasteiger partial charge in [0.2, 0.25) is 0 Å². The van der Waals surface area contributed by atoms with Crippen LogP contribution in [0.4, 0.5) is 0 Å². The molecule has 0 amide bonds. The molecule has 1 nitrogen and oxygen atoms in total. The minimum absolute atomic E-state index is 0.0413. The Balaban J connectivity index is 1.55. The smallest absolute Gasteiger partial charge is 0.0543 e. The summed E-state index contributed by atoms with van der Waals surface area (Å²) in [6.45, 7) is 14.8. The molecule has 0 aromatic heterocycles. The third kappa shape index (κ3) is 3.66. The van der Waals surface area contributed by atoms with E-state index in [9.17, 15) is 5.11 Å². The van der Waals surface area contributed by atoms with Crippen LogP contribution < -0.4 is 0 Å². The number of fused-ring (bicyclic) bond motifs is 4. The first-order valence-corrected chi connectivity index (χ1v) is 13.3. The van der Waals surface area contributed by atoms with Gasteiger partial charge in [0, 0.05) is 0 Å². The third-order valence-electron chi connectivity index (χ3n) is 10.7. The van der Waals surface area contributed by atoms with E-state index in [1.54, 1.807) is 0 Å². The summed E-state index contributed by atoms with van der Waals surface area (Å²) in [5.74, 6) is 4.58. The molecule has 0 spiro atoms. The van der Waals surface area contributed by atoms with Crippen molar-refractivity contribution in [2.45, 2.75) is 112 Å². The van der Waals surface area contributed by atoms with Gasteiger partial charge in [-0.05, 0) is 111 Å². The Morgan fingerprint density at radius 1 is 1.00 bits per heavy atom. The summed E-state index contributed by atoms with van der Waals surface area (Å²) >= 11 is 0. The fourth-order valence-corrected chi connectivity index (χ4v) is 8.62. The summed E-state index contributed by atoms with van der Waals surface area (Å²) in [5, 5.41) is 10.3. The van der Waals surface area contributed by atoms with Crippen molar-refractivity contribution in [1.29, 1.82) is 0 Å². The van der Waals surface area contributed by atoms with Crippen LogP contribution in [0.25, 0.3) is 0 Å². The molecular weight excluding hydrogens is 364 g/mol. The maximum Gasteiger partial charge on any atom is 0.0543 e. The molecule has 1 heteroatoms. The van der Waals surface area contributed by atoms with Gasteiger partial charge in [-0.1, -0.05) is 64.8 Å². The van der Waals surface area contributed by atoms with E-state index in [2.05, 4.69) is 53.7 Å². The van der Waals surface area contributed by atoms with Gasteiger partial charge in [-0.2, -0.15) is 0 Å². The topological polar surface area (TPSA) is 20.2 Å². The minimum Gasteiger partial charge on any atom is -0.393 e. The largest absolute Gasteiger partial charge is 0.393 e. The van der Waals surface area contributed by atoms with Gasteiger partial charge in [-0.15, -0.1) is 0 Å². The van der Waals surface area contributed by atoms with Crippen molar-refractivity contribution < 1.29 is 5.11 Å². The molecule has 4 aliphatic carbocycles. The monoisotopic (exact) mass is 412 g/mol. The Labute approximate surface area is 186 Å². The first-order valence-electron chi connectivity index (χ1n) is 13.3. The van der Waals surface area contributed by atoms with Gasteiger partial charge in [0.05, 0.1) is 6.10 Å². The van der Waals surface area contributed by atoms with E-state index in [1.165, 1.54) is 51.4 Å². The van der Waals surface area contributed by atoms with Crippen LogP contribution in [-0.2, 0) is 0 Å². The molecule has 0 heterocycles. The van der Waals surface area contributed by atoms with Crippen LogP contribution in [0.15, 0.2) is 23.3 Å². The average Bonchev–Trinajstić information content (AvgIpc) is 3.06. The van der Waals surface area contributed by atoms with Crippen molar-refractivity contribution >= 4 is 0 Å². The van der Waals surface area contributed by atoms with Gasteiger partial charge < -0.3 is 5.11 Å². The highest BCUT2D eigenvalue weighted by Gasteiger charge is 2.55. The Hall–Kier alpha value is -0.560. The molecular formula is C29H48O. The van der Waals surface area contributed by atoms with Gasteiger partial charge in [-0.3, -0.25) is 0 Å². The fraction of sp³-hybridized carbons (Fsp3) is 0.862. The molecule has 170 valence electrons. The number of hydrogen-bond donors (Lipinski definition) is 1. The van der Waals surface area contributed by atoms with E-state index >= 15 is 0 Å².